The molecule has 1 atom stereocenters. The number of urea groups is 1. The Hall–Kier alpha value is -2.14. The highest BCUT2D eigenvalue weighted by Gasteiger charge is 2.12. The maximum absolute atomic E-state index is 13.6. The van der Waals surface area contributed by atoms with E-state index in [4.69, 9.17) is 11.6 Å². The summed E-state index contributed by atoms with van der Waals surface area (Å²) in [6, 6.07) is 7.29. The van der Waals surface area contributed by atoms with Crippen molar-refractivity contribution >= 4 is 23.3 Å². The summed E-state index contributed by atoms with van der Waals surface area (Å²) in [4.78, 5) is 15.7. The molecule has 2 aromatic rings. The number of pyridine rings is 1. The zero-order valence-electron chi connectivity index (χ0n) is 10.7. The van der Waals surface area contributed by atoms with Crippen LogP contribution in [0.3, 0.4) is 0 Å². The Bertz CT molecular complexity index is 607. The van der Waals surface area contributed by atoms with Crippen molar-refractivity contribution in [3.63, 3.8) is 0 Å². The standard InChI is InChI=1S/C14H13ClFN3O/c1-9(10-5-7-17-8-6-10)18-14(20)19-12-4-2-3-11(15)13(12)16/h2-9H,1H3,(H2,18,19,20)/t9-/m1/s1. The van der Waals surface area contributed by atoms with Crippen LogP contribution in [0, 0.1) is 5.82 Å². The van der Waals surface area contributed by atoms with Crippen molar-refractivity contribution < 1.29 is 9.18 Å². The quantitative estimate of drug-likeness (QED) is 0.905. The highest BCUT2D eigenvalue weighted by atomic mass is 35.5. The SMILES string of the molecule is C[C@@H](NC(=O)Nc1cccc(Cl)c1F)c1ccncc1. The molecule has 4 nitrogen and oxygen atoms in total. The predicted octanol–water partition coefficient (Wildman–Crippen LogP) is 3.76. The summed E-state index contributed by atoms with van der Waals surface area (Å²) >= 11 is 5.65. The highest BCUT2D eigenvalue weighted by Crippen LogP contribution is 2.22. The highest BCUT2D eigenvalue weighted by molar-refractivity contribution is 6.31. The lowest BCUT2D eigenvalue weighted by molar-refractivity contribution is 0.249. The van der Waals surface area contributed by atoms with Crippen LogP contribution in [0.4, 0.5) is 14.9 Å². The van der Waals surface area contributed by atoms with Gasteiger partial charge in [-0.1, -0.05) is 17.7 Å². The maximum atomic E-state index is 13.6. The van der Waals surface area contributed by atoms with Crippen molar-refractivity contribution in [2.24, 2.45) is 0 Å². The van der Waals surface area contributed by atoms with E-state index in [0.29, 0.717) is 0 Å². The Morgan fingerprint density at radius 1 is 1.30 bits per heavy atom. The topological polar surface area (TPSA) is 54.0 Å². The fourth-order valence-corrected chi connectivity index (χ4v) is 1.87. The molecule has 0 radical (unpaired) electrons. The molecule has 0 saturated carbocycles. The molecule has 0 aliphatic carbocycles. The zero-order chi connectivity index (χ0) is 14.5. The molecule has 2 amide bonds. The zero-order valence-corrected chi connectivity index (χ0v) is 11.5. The lowest BCUT2D eigenvalue weighted by Crippen LogP contribution is -2.31. The fourth-order valence-electron chi connectivity index (χ4n) is 1.69. The summed E-state index contributed by atoms with van der Waals surface area (Å²) in [5.74, 6) is -0.652. The Morgan fingerprint density at radius 3 is 2.70 bits per heavy atom. The first kappa shape index (κ1) is 14.3. The molecule has 6 heteroatoms. The third-order valence-corrected chi connectivity index (χ3v) is 3.05. The molecule has 20 heavy (non-hydrogen) atoms. The van der Waals surface area contributed by atoms with E-state index in [1.54, 1.807) is 30.6 Å². The molecule has 2 N–H and O–H groups in total. The summed E-state index contributed by atoms with van der Waals surface area (Å²) in [6.45, 7) is 1.82. The van der Waals surface area contributed by atoms with Gasteiger partial charge in [-0.05, 0) is 36.8 Å². The first-order chi connectivity index (χ1) is 9.58. The lowest BCUT2D eigenvalue weighted by Gasteiger charge is -2.15. The number of carbonyl (C=O) groups excluding carboxylic acids is 1. The van der Waals surface area contributed by atoms with Gasteiger partial charge in [0.25, 0.3) is 0 Å². The van der Waals surface area contributed by atoms with Gasteiger partial charge in [-0.2, -0.15) is 0 Å². The van der Waals surface area contributed by atoms with E-state index < -0.39 is 11.8 Å². The summed E-state index contributed by atoms with van der Waals surface area (Å²) in [5.41, 5.74) is 0.943. The largest absolute Gasteiger partial charge is 0.331 e. The van der Waals surface area contributed by atoms with Gasteiger partial charge in [0.2, 0.25) is 0 Å². The van der Waals surface area contributed by atoms with Crippen LogP contribution in [0.5, 0.6) is 0 Å². The Kier molecular flexibility index (Phi) is 4.53. The third kappa shape index (κ3) is 3.45. The van der Waals surface area contributed by atoms with Crippen molar-refractivity contribution in [1.82, 2.24) is 10.3 Å². The van der Waals surface area contributed by atoms with Gasteiger partial charge < -0.3 is 10.6 Å². The molecule has 2 rings (SSSR count). The number of carbonyl (C=O) groups is 1. The number of nitrogens with one attached hydrogen (secondary N) is 2. The van der Waals surface area contributed by atoms with Crippen molar-refractivity contribution in [3.05, 3.63) is 59.1 Å². The van der Waals surface area contributed by atoms with Crippen LogP contribution in [0.25, 0.3) is 0 Å². The van der Waals surface area contributed by atoms with Crippen LogP contribution in [-0.2, 0) is 0 Å². The van der Waals surface area contributed by atoms with E-state index in [1.165, 1.54) is 12.1 Å². The fraction of sp³-hybridized carbons (Fsp3) is 0.143. The Labute approximate surface area is 121 Å². The number of halogens is 2. The van der Waals surface area contributed by atoms with E-state index >= 15 is 0 Å². The van der Waals surface area contributed by atoms with Crippen molar-refractivity contribution in [2.45, 2.75) is 13.0 Å². The van der Waals surface area contributed by atoms with Gasteiger partial charge in [0.05, 0.1) is 16.8 Å². The van der Waals surface area contributed by atoms with Crippen molar-refractivity contribution in [1.29, 1.82) is 0 Å². The van der Waals surface area contributed by atoms with Gasteiger partial charge in [0, 0.05) is 12.4 Å². The van der Waals surface area contributed by atoms with Crippen LogP contribution in [0.1, 0.15) is 18.5 Å². The minimum Gasteiger partial charge on any atom is -0.331 e. The molecule has 0 aliphatic rings. The lowest BCUT2D eigenvalue weighted by atomic mass is 10.1. The molecule has 1 aromatic carbocycles. The molecule has 0 bridgehead atoms. The van der Waals surface area contributed by atoms with Crippen LogP contribution >= 0.6 is 11.6 Å². The van der Waals surface area contributed by atoms with Gasteiger partial charge in [0.15, 0.2) is 5.82 Å². The number of hydrogen-bond acceptors (Lipinski definition) is 2. The number of rotatable bonds is 3. The van der Waals surface area contributed by atoms with E-state index in [0.717, 1.165) is 5.56 Å². The van der Waals surface area contributed by atoms with Gasteiger partial charge in [-0.3, -0.25) is 4.98 Å². The van der Waals surface area contributed by atoms with E-state index in [9.17, 15) is 9.18 Å². The maximum Gasteiger partial charge on any atom is 0.319 e. The third-order valence-electron chi connectivity index (χ3n) is 2.75. The monoisotopic (exact) mass is 293 g/mol. The molecule has 0 fully saturated rings. The molecule has 0 unspecified atom stereocenters. The van der Waals surface area contributed by atoms with Crippen LogP contribution < -0.4 is 10.6 Å². The van der Waals surface area contributed by atoms with E-state index in [1.807, 2.05) is 6.92 Å². The molecule has 0 spiro atoms. The van der Waals surface area contributed by atoms with Gasteiger partial charge in [0.1, 0.15) is 0 Å². The smallest absolute Gasteiger partial charge is 0.319 e. The predicted molar refractivity (Wildman–Crippen MR) is 76.2 cm³/mol. The second-order valence-corrected chi connectivity index (χ2v) is 4.61. The molecule has 104 valence electrons. The molecule has 1 heterocycles. The van der Waals surface area contributed by atoms with Gasteiger partial charge in [-0.25, -0.2) is 9.18 Å². The van der Waals surface area contributed by atoms with Gasteiger partial charge >= 0.3 is 6.03 Å². The summed E-state index contributed by atoms with van der Waals surface area (Å²) in [5, 5.41) is 5.09. The molecular weight excluding hydrogens is 281 g/mol. The number of hydrogen-bond donors (Lipinski definition) is 2. The minimum absolute atomic E-state index is 0.0371. The number of aromatic nitrogens is 1. The average molecular weight is 294 g/mol. The van der Waals surface area contributed by atoms with Crippen molar-refractivity contribution in [2.75, 3.05) is 5.32 Å². The van der Waals surface area contributed by atoms with Crippen LogP contribution in [0.15, 0.2) is 42.7 Å². The second-order valence-electron chi connectivity index (χ2n) is 4.20. The molecular formula is C14H13ClFN3O. The Morgan fingerprint density at radius 2 is 2.00 bits per heavy atom. The normalized spacial score (nSPS) is 11.8. The number of benzene rings is 1. The first-order valence-electron chi connectivity index (χ1n) is 5.99. The molecule has 1 aromatic heterocycles. The molecule has 0 saturated heterocycles. The summed E-state index contributed by atoms with van der Waals surface area (Å²) in [6.07, 6.45) is 3.28. The number of nitrogens with zero attached hydrogens (tertiary/aromatic N) is 1. The minimum atomic E-state index is -0.652. The Balaban J connectivity index is 2.01. The van der Waals surface area contributed by atoms with E-state index in [2.05, 4.69) is 15.6 Å². The van der Waals surface area contributed by atoms with E-state index in [-0.39, 0.29) is 16.8 Å². The number of amides is 2. The van der Waals surface area contributed by atoms with Crippen molar-refractivity contribution in [3.8, 4) is 0 Å². The van der Waals surface area contributed by atoms with Crippen LogP contribution in [-0.4, -0.2) is 11.0 Å². The van der Waals surface area contributed by atoms with Crippen LogP contribution in [0.2, 0.25) is 5.02 Å². The first-order valence-corrected chi connectivity index (χ1v) is 6.37. The second kappa shape index (κ2) is 6.34. The van der Waals surface area contributed by atoms with Gasteiger partial charge in [-0.15, -0.1) is 0 Å². The summed E-state index contributed by atoms with van der Waals surface area (Å²) in [7, 11) is 0. The average Bonchev–Trinajstić information content (AvgIpc) is 2.45. The molecule has 0 aliphatic heterocycles. The number of anilines is 1. The summed E-state index contributed by atoms with van der Waals surface area (Å²) < 4.78 is 13.6.